The molecule has 12 heavy (non-hydrogen) atoms. The van der Waals surface area contributed by atoms with Gasteiger partial charge in [-0.3, -0.25) is 14.2 Å². The minimum Gasteiger partial charge on any atom is -0.359 e. The van der Waals surface area contributed by atoms with Crippen molar-refractivity contribution in [3.05, 3.63) is 0 Å². The first-order valence-corrected chi connectivity index (χ1v) is 5.27. The molecule has 1 rings (SSSR count). The van der Waals surface area contributed by atoms with Gasteiger partial charge in [0.25, 0.3) is 7.44 Å². The maximum atomic E-state index is 11.8. The highest BCUT2D eigenvalue weighted by Gasteiger charge is 2.50. The van der Waals surface area contributed by atoms with Crippen molar-refractivity contribution in [2.75, 3.05) is 14.2 Å². The number of nitrogens with one attached hydrogen (secondary N) is 2. The minimum atomic E-state index is -2.90. The Hall–Kier alpha value is 0.0300. The van der Waals surface area contributed by atoms with E-state index in [1.165, 1.54) is 14.2 Å². The van der Waals surface area contributed by atoms with Crippen molar-refractivity contribution >= 4 is 7.44 Å². The van der Waals surface area contributed by atoms with Crippen molar-refractivity contribution in [2.45, 2.75) is 18.9 Å². The third kappa shape index (κ3) is 2.04. The van der Waals surface area contributed by atoms with Gasteiger partial charge in [-0.1, -0.05) is 0 Å². The first kappa shape index (κ1) is 10.1. The van der Waals surface area contributed by atoms with Gasteiger partial charge in [-0.2, -0.15) is 0 Å². The van der Waals surface area contributed by atoms with Crippen LogP contribution in [0.4, 0.5) is 0 Å². The van der Waals surface area contributed by atoms with E-state index in [1.807, 2.05) is 6.92 Å². The lowest BCUT2D eigenvalue weighted by molar-refractivity contribution is 0.113. The largest absolute Gasteiger partial charge is 0.359 e. The summed E-state index contributed by atoms with van der Waals surface area (Å²) >= 11 is 0. The van der Waals surface area contributed by atoms with Gasteiger partial charge in [-0.25, -0.2) is 0 Å². The molecule has 1 heterocycles. The van der Waals surface area contributed by atoms with Gasteiger partial charge in [-0.05, 0) is 6.92 Å². The molecule has 2 N–H and O–H groups in total. The fourth-order valence-corrected chi connectivity index (χ4v) is 2.69. The van der Waals surface area contributed by atoms with Crippen LogP contribution in [-0.4, -0.2) is 26.2 Å². The van der Waals surface area contributed by atoms with E-state index in [4.69, 9.17) is 4.74 Å². The number of hydrogen-bond acceptors (Lipinski definition) is 4. The second-order valence-electron chi connectivity index (χ2n) is 2.48. The molecule has 2 atom stereocenters. The number of rotatable bonds is 5. The molecular formula is C5H13N2O4P. The predicted octanol–water partition coefficient (Wildman–Crippen LogP) is 0.226. The average Bonchev–Trinajstić information content (AvgIpc) is 2.68. The lowest BCUT2D eigenvalue weighted by atomic mass is 10.6. The molecule has 0 radical (unpaired) electrons. The van der Waals surface area contributed by atoms with E-state index >= 15 is 0 Å². The van der Waals surface area contributed by atoms with Gasteiger partial charge in [0.05, 0.1) is 20.3 Å². The number of ether oxygens (including phenoxy) is 1. The first-order valence-electron chi connectivity index (χ1n) is 3.49. The molecule has 1 aliphatic heterocycles. The van der Waals surface area contributed by atoms with Crippen LogP contribution in [0.1, 0.15) is 6.92 Å². The summed E-state index contributed by atoms with van der Waals surface area (Å²) in [6.07, 6.45) is -0.0267. The third-order valence-electron chi connectivity index (χ3n) is 1.49. The summed E-state index contributed by atoms with van der Waals surface area (Å²) in [5, 5.41) is 4.69. The molecule has 0 aromatic heterocycles. The van der Waals surface area contributed by atoms with Crippen molar-refractivity contribution in [2.24, 2.45) is 0 Å². The Labute approximate surface area is 70.9 Å². The second kappa shape index (κ2) is 3.83. The second-order valence-corrected chi connectivity index (χ2v) is 4.67. The highest BCUT2D eigenvalue weighted by Crippen LogP contribution is 2.52. The van der Waals surface area contributed by atoms with Crippen LogP contribution in [0.25, 0.3) is 0 Å². The number of epoxide rings is 1. The maximum Gasteiger partial charge on any atom is 0.286 e. The fourth-order valence-electron chi connectivity index (χ4n) is 0.950. The highest BCUT2D eigenvalue weighted by atomic mass is 31.2. The van der Waals surface area contributed by atoms with E-state index in [0.29, 0.717) is 0 Å². The van der Waals surface area contributed by atoms with Crippen LogP contribution in [0.2, 0.25) is 0 Å². The molecule has 0 unspecified atom stereocenters. The SMILES string of the molecule is CONP(=O)(NOC)[C@@H]1O[C@@H]1C. The molecule has 0 saturated carbocycles. The molecule has 6 nitrogen and oxygen atoms in total. The van der Waals surface area contributed by atoms with Crippen LogP contribution in [0.5, 0.6) is 0 Å². The Kier molecular flexibility index (Phi) is 3.22. The van der Waals surface area contributed by atoms with Gasteiger partial charge in [0.1, 0.15) is 0 Å². The normalized spacial score (nSPS) is 28.9. The number of hydrogen-bond donors (Lipinski definition) is 2. The summed E-state index contributed by atoms with van der Waals surface area (Å²) in [7, 11) is -0.131. The molecule has 7 heteroatoms. The van der Waals surface area contributed by atoms with E-state index in [1.54, 1.807) is 0 Å². The Bertz CT molecular complexity index is 190. The van der Waals surface area contributed by atoms with Crippen molar-refractivity contribution in [3.63, 3.8) is 0 Å². The van der Waals surface area contributed by atoms with Gasteiger partial charge in [-0.15, -0.1) is 10.5 Å². The molecular weight excluding hydrogens is 183 g/mol. The third-order valence-corrected chi connectivity index (χ3v) is 3.66. The van der Waals surface area contributed by atoms with Crippen LogP contribution < -0.4 is 10.5 Å². The van der Waals surface area contributed by atoms with Crippen molar-refractivity contribution in [1.29, 1.82) is 0 Å². The Morgan fingerprint density at radius 2 is 1.75 bits per heavy atom. The molecule has 0 aliphatic carbocycles. The molecule has 0 amide bonds. The summed E-state index contributed by atoms with van der Waals surface area (Å²) in [6, 6.07) is 0. The van der Waals surface area contributed by atoms with Crippen molar-refractivity contribution in [3.8, 4) is 0 Å². The van der Waals surface area contributed by atoms with Gasteiger partial charge in [0.2, 0.25) is 0 Å². The summed E-state index contributed by atoms with van der Waals surface area (Å²) in [5.74, 6) is -0.364. The van der Waals surface area contributed by atoms with Gasteiger partial charge in [0.15, 0.2) is 5.85 Å². The Morgan fingerprint density at radius 3 is 2.00 bits per heavy atom. The first-order chi connectivity index (χ1) is 5.64. The smallest absolute Gasteiger partial charge is 0.286 e. The van der Waals surface area contributed by atoms with E-state index in [9.17, 15) is 4.57 Å². The zero-order valence-corrected chi connectivity index (χ0v) is 8.13. The van der Waals surface area contributed by atoms with Gasteiger partial charge in [0, 0.05) is 0 Å². The molecule has 0 bridgehead atoms. The lowest BCUT2D eigenvalue weighted by Crippen LogP contribution is -2.24. The summed E-state index contributed by atoms with van der Waals surface area (Å²) in [6.45, 7) is 1.83. The summed E-state index contributed by atoms with van der Waals surface area (Å²) in [4.78, 5) is 9.15. The standard InChI is InChI=1S/C5H13N2O4P/c1-4-5(11-4)12(8,6-9-2)7-10-3/h4-5H,1-3H3,(H2,6,7,8)/t4-,5+/m1/s1. The highest BCUT2D eigenvalue weighted by molar-refractivity contribution is 7.60. The average molecular weight is 196 g/mol. The van der Waals surface area contributed by atoms with Crippen molar-refractivity contribution in [1.82, 2.24) is 10.5 Å². The fraction of sp³-hybridized carbons (Fsp3) is 1.00. The quantitative estimate of drug-likeness (QED) is 0.372. The molecule has 1 fully saturated rings. The molecule has 0 aromatic rings. The van der Waals surface area contributed by atoms with Gasteiger partial charge < -0.3 is 4.74 Å². The molecule has 72 valence electrons. The Morgan fingerprint density at radius 1 is 1.33 bits per heavy atom. The predicted molar refractivity (Wildman–Crippen MR) is 42.2 cm³/mol. The van der Waals surface area contributed by atoms with E-state index in [0.717, 1.165) is 0 Å². The van der Waals surface area contributed by atoms with Crippen LogP contribution in [0.3, 0.4) is 0 Å². The monoisotopic (exact) mass is 196 g/mol. The van der Waals surface area contributed by atoms with Gasteiger partial charge >= 0.3 is 0 Å². The summed E-state index contributed by atoms with van der Waals surface area (Å²) < 4.78 is 16.8. The topological polar surface area (TPSA) is 72.1 Å². The van der Waals surface area contributed by atoms with Crippen LogP contribution in [0.15, 0.2) is 0 Å². The Balaban J connectivity index is 2.53. The van der Waals surface area contributed by atoms with E-state index in [-0.39, 0.29) is 11.9 Å². The van der Waals surface area contributed by atoms with Crippen molar-refractivity contribution < 1.29 is 19.0 Å². The molecule has 1 aliphatic rings. The zero-order valence-electron chi connectivity index (χ0n) is 7.23. The van der Waals surface area contributed by atoms with E-state index < -0.39 is 7.44 Å². The maximum absolute atomic E-state index is 11.8. The van der Waals surface area contributed by atoms with E-state index in [2.05, 4.69) is 20.2 Å². The zero-order chi connectivity index (χ0) is 9.19. The molecule has 1 saturated heterocycles. The van der Waals surface area contributed by atoms with Crippen LogP contribution in [0, 0.1) is 0 Å². The minimum absolute atomic E-state index is 0.0267. The summed E-state index contributed by atoms with van der Waals surface area (Å²) in [5.41, 5.74) is 0. The van der Waals surface area contributed by atoms with Crippen LogP contribution in [-0.2, 0) is 19.0 Å². The lowest BCUT2D eigenvalue weighted by Gasteiger charge is -2.15. The molecule has 0 spiro atoms. The van der Waals surface area contributed by atoms with Crippen LogP contribution >= 0.6 is 7.44 Å². The molecule has 0 aromatic carbocycles.